The van der Waals surface area contributed by atoms with Crippen LogP contribution in [0.4, 0.5) is 0 Å². The van der Waals surface area contributed by atoms with Gasteiger partial charge in [0, 0.05) is 12.2 Å². The molecule has 7 heteroatoms. The monoisotopic (exact) mass is 328 g/mol. The predicted molar refractivity (Wildman–Crippen MR) is 87.5 cm³/mol. The van der Waals surface area contributed by atoms with Gasteiger partial charge < -0.3 is 15.5 Å². The fourth-order valence-electron chi connectivity index (χ4n) is 2.87. The first-order valence-corrected chi connectivity index (χ1v) is 8.07. The molecule has 1 saturated carbocycles. The number of nitrogens with one attached hydrogen (secondary N) is 1. The summed E-state index contributed by atoms with van der Waals surface area (Å²) in [6, 6.07) is 5.21. The molecule has 0 spiro atoms. The first-order chi connectivity index (χ1) is 11.5. The Balaban J connectivity index is 1.84. The van der Waals surface area contributed by atoms with E-state index < -0.39 is 17.5 Å². The van der Waals surface area contributed by atoms with Gasteiger partial charge in [-0.2, -0.15) is 4.98 Å². The smallest absolute Gasteiger partial charge is 0.274 e. The van der Waals surface area contributed by atoms with Crippen LogP contribution in [0.25, 0.3) is 11.5 Å². The molecule has 0 radical (unpaired) electrons. The first kappa shape index (κ1) is 16.2. The minimum absolute atomic E-state index is 0.0588. The molecule has 24 heavy (non-hydrogen) atoms. The Labute approximate surface area is 139 Å². The maximum absolute atomic E-state index is 12.5. The summed E-state index contributed by atoms with van der Waals surface area (Å²) in [6.45, 7) is 2.20. The Morgan fingerprint density at radius 2 is 1.92 bits per heavy atom. The summed E-state index contributed by atoms with van der Waals surface area (Å²) in [4.78, 5) is 24.4. The topological polar surface area (TPSA) is 108 Å². The molecule has 3 N–H and O–H groups in total. The fourth-order valence-corrected chi connectivity index (χ4v) is 2.87. The number of rotatable bonds is 3. The van der Waals surface area contributed by atoms with E-state index in [1.807, 2.05) is 0 Å². The van der Waals surface area contributed by atoms with Crippen LogP contribution >= 0.6 is 0 Å². The Hall–Kier alpha value is -2.70. The summed E-state index contributed by atoms with van der Waals surface area (Å²) < 4.78 is 0. The second-order valence-corrected chi connectivity index (χ2v) is 6.21. The number of pyridine rings is 1. The van der Waals surface area contributed by atoms with E-state index in [4.69, 9.17) is 0 Å². The van der Waals surface area contributed by atoms with Crippen molar-refractivity contribution in [2.24, 2.45) is 5.92 Å². The van der Waals surface area contributed by atoms with Crippen molar-refractivity contribution in [3.8, 4) is 23.1 Å². The summed E-state index contributed by atoms with van der Waals surface area (Å²) >= 11 is 0. The van der Waals surface area contributed by atoms with Gasteiger partial charge in [-0.25, -0.2) is 4.98 Å². The molecular weight excluding hydrogens is 308 g/mol. The Morgan fingerprint density at radius 1 is 1.17 bits per heavy atom. The Bertz CT molecular complexity index is 728. The van der Waals surface area contributed by atoms with Gasteiger partial charge in [0.2, 0.25) is 5.75 Å². The molecule has 2 heterocycles. The lowest BCUT2D eigenvalue weighted by atomic mass is 9.87. The van der Waals surface area contributed by atoms with Crippen molar-refractivity contribution in [3.05, 3.63) is 30.1 Å². The lowest BCUT2D eigenvalue weighted by molar-refractivity contribution is 0.0914. The Kier molecular flexibility index (Phi) is 4.59. The third-order valence-corrected chi connectivity index (χ3v) is 4.33. The van der Waals surface area contributed by atoms with Gasteiger partial charge in [0.1, 0.15) is 5.69 Å². The predicted octanol–water partition coefficient (Wildman–Crippen LogP) is 2.26. The SMILES string of the molecule is CC1CCC(NC(=O)c2nc(-c3ccccn3)nc(O)c2O)CC1. The van der Waals surface area contributed by atoms with Crippen LogP contribution in [0.5, 0.6) is 11.6 Å². The molecule has 0 saturated heterocycles. The van der Waals surface area contributed by atoms with Crippen molar-refractivity contribution in [1.82, 2.24) is 20.3 Å². The van der Waals surface area contributed by atoms with Gasteiger partial charge in [-0.1, -0.05) is 13.0 Å². The minimum Gasteiger partial charge on any atom is -0.501 e. The highest BCUT2D eigenvalue weighted by Crippen LogP contribution is 2.29. The number of aromatic hydroxyl groups is 2. The standard InChI is InChI=1S/C17H20N4O3/c1-10-5-7-11(8-6-10)19-16(23)13-14(22)17(24)21-15(20-13)12-4-2-3-9-18-12/h2-4,9-11,22H,5-8H2,1H3,(H,19,23)(H,20,21,24). The number of amides is 1. The number of nitrogens with zero attached hydrogens (tertiary/aromatic N) is 3. The summed E-state index contributed by atoms with van der Waals surface area (Å²) in [5.41, 5.74) is 0.176. The third-order valence-electron chi connectivity index (χ3n) is 4.33. The van der Waals surface area contributed by atoms with E-state index in [0.717, 1.165) is 25.7 Å². The highest BCUT2D eigenvalue weighted by atomic mass is 16.3. The second-order valence-electron chi connectivity index (χ2n) is 6.21. The highest BCUT2D eigenvalue weighted by molar-refractivity contribution is 5.96. The molecule has 7 nitrogen and oxygen atoms in total. The van der Waals surface area contributed by atoms with Crippen LogP contribution in [-0.4, -0.2) is 37.1 Å². The quantitative estimate of drug-likeness (QED) is 0.797. The molecule has 0 aromatic carbocycles. The van der Waals surface area contributed by atoms with Gasteiger partial charge >= 0.3 is 0 Å². The van der Waals surface area contributed by atoms with Gasteiger partial charge in [0.25, 0.3) is 11.8 Å². The van der Waals surface area contributed by atoms with Crippen LogP contribution in [-0.2, 0) is 0 Å². The van der Waals surface area contributed by atoms with Crippen LogP contribution < -0.4 is 5.32 Å². The molecule has 126 valence electrons. The van der Waals surface area contributed by atoms with Gasteiger partial charge in [-0.3, -0.25) is 9.78 Å². The molecular formula is C17H20N4O3. The van der Waals surface area contributed by atoms with Crippen molar-refractivity contribution in [2.45, 2.75) is 38.6 Å². The highest BCUT2D eigenvalue weighted by Gasteiger charge is 2.25. The first-order valence-electron chi connectivity index (χ1n) is 8.07. The zero-order chi connectivity index (χ0) is 17.1. The largest absolute Gasteiger partial charge is 0.501 e. The van der Waals surface area contributed by atoms with E-state index in [2.05, 4.69) is 27.2 Å². The molecule has 3 rings (SSSR count). The third kappa shape index (κ3) is 3.45. The molecule has 1 amide bonds. The summed E-state index contributed by atoms with van der Waals surface area (Å²) in [7, 11) is 0. The number of carbonyl (C=O) groups is 1. The molecule has 0 atom stereocenters. The van der Waals surface area contributed by atoms with Crippen LogP contribution in [0.2, 0.25) is 0 Å². The van der Waals surface area contributed by atoms with Gasteiger partial charge in [0.15, 0.2) is 11.5 Å². The van der Waals surface area contributed by atoms with E-state index >= 15 is 0 Å². The van der Waals surface area contributed by atoms with Crippen molar-refractivity contribution >= 4 is 5.91 Å². The summed E-state index contributed by atoms with van der Waals surface area (Å²) in [5.74, 6) is -0.995. The zero-order valence-electron chi connectivity index (χ0n) is 13.4. The van der Waals surface area contributed by atoms with Crippen molar-refractivity contribution in [1.29, 1.82) is 0 Å². The molecule has 0 unspecified atom stereocenters. The van der Waals surface area contributed by atoms with Gasteiger partial charge in [-0.15, -0.1) is 0 Å². The van der Waals surface area contributed by atoms with E-state index in [-0.39, 0.29) is 17.6 Å². The number of hydrogen-bond acceptors (Lipinski definition) is 6. The average Bonchev–Trinajstić information content (AvgIpc) is 2.60. The molecule has 0 bridgehead atoms. The van der Waals surface area contributed by atoms with Crippen molar-refractivity contribution < 1.29 is 15.0 Å². The van der Waals surface area contributed by atoms with Gasteiger partial charge in [0.05, 0.1) is 0 Å². The average molecular weight is 328 g/mol. The van der Waals surface area contributed by atoms with Crippen molar-refractivity contribution in [2.75, 3.05) is 0 Å². The normalized spacial score (nSPS) is 20.5. The van der Waals surface area contributed by atoms with E-state index in [9.17, 15) is 15.0 Å². The lowest BCUT2D eigenvalue weighted by Gasteiger charge is -2.26. The lowest BCUT2D eigenvalue weighted by Crippen LogP contribution is -2.37. The second kappa shape index (κ2) is 6.82. The molecule has 1 aliphatic rings. The van der Waals surface area contributed by atoms with Crippen molar-refractivity contribution in [3.63, 3.8) is 0 Å². The molecule has 2 aromatic rings. The molecule has 1 aliphatic carbocycles. The van der Waals surface area contributed by atoms with Crippen LogP contribution in [0, 0.1) is 5.92 Å². The Morgan fingerprint density at radius 3 is 2.58 bits per heavy atom. The maximum atomic E-state index is 12.5. The summed E-state index contributed by atoms with van der Waals surface area (Å²) in [6.07, 6.45) is 5.48. The van der Waals surface area contributed by atoms with Crippen LogP contribution in [0.3, 0.4) is 0 Å². The fraction of sp³-hybridized carbons (Fsp3) is 0.412. The number of aromatic nitrogens is 3. The zero-order valence-corrected chi connectivity index (χ0v) is 13.4. The minimum atomic E-state index is -0.631. The van der Waals surface area contributed by atoms with Crippen LogP contribution in [0.15, 0.2) is 24.4 Å². The van der Waals surface area contributed by atoms with E-state index in [1.54, 1.807) is 24.4 Å². The molecule has 2 aromatic heterocycles. The summed E-state index contributed by atoms with van der Waals surface area (Å²) in [5, 5.41) is 22.7. The van der Waals surface area contributed by atoms with E-state index in [1.165, 1.54) is 0 Å². The molecule has 0 aliphatic heterocycles. The van der Waals surface area contributed by atoms with E-state index in [0.29, 0.717) is 11.6 Å². The maximum Gasteiger partial charge on any atom is 0.274 e. The van der Waals surface area contributed by atoms with Crippen LogP contribution in [0.1, 0.15) is 43.1 Å². The number of hydrogen-bond donors (Lipinski definition) is 3. The van der Waals surface area contributed by atoms with Gasteiger partial charge in [-0.05, 0) is 43.7 Å². The number of carbonyl (C=O) groups excluding carboxylic acids is 1. The molecule has 1 fully saturated rings.